The Morgan fingerprint density at radius 2 is 2.38 bits per heavy atom. The first-order valence-corrected chi connectivity index (χ1v) is 5.23. The fraction of sp³-hybridized carbons (Fsp3) is 0.455. The molecule has 0 radical (unpaired) electrons. The molecule has 5 nitrogen and oxygen atoms in total. The van der Waals surface area contributed by atoms with Crippen molar-refractivity contribution in [2.75, 3.05) is 13.2 Å². The molecular weight excluding hydrogens is 210 g/mol. The second-order valence-electron chi connectivity index (χ2n) is 4.13. The largest absolute Gasteiger partial charge is 0.378 e. The van der Waals surface area contributed by atoms with E-state index >= 15 is 0 Å². The molecule has 0 amide bonds. The number of benzene rings is 1. The van der Waals surface area contributed by atoms with E-state index < -0.39 is 0 Å². The molecule has 1 aromatic rings. The van der Waals surface area contributed by atoms with Gasteiger partial charge in [-0.25, -0.2) is 0 Å². The number of nitro benzene ring substituents is 1. The van der Waals surface area contributed by atoms with Crippen molar-refractivity contribution in [3.05, 3.63) is 39.9 Å². The van der Waals surface area contributed by atoms with Crippen molar-refractivity contribution in [2.24, 2.45) is 0 Å². The Labute approximate surface area is 92.1 Å². The van der Waals surface area contributed by atoms with Gasteiger partial charge in [0.2, 0.25) is 0 Å². The van der Waals surface area contributed by atoms with Crippen LogP contribution in [0.4, 0.5) is 5.69 Å². The molecule has 2 aliphatic rings. The fourth-order valence-corrected chi connectivity index (χ4v) is 2.30. The lowest BCUT2D eigenvalue weighted by molar-refractivity contribution is -0.385. The van der Waals surface area contributed by atoms with Gasteiger partial charge in [-0.3, -0.25) is 10.1 Å². The summed E-state index contributed by atoms with van der Waals surface area (Å²) >= 11 is 0. The number of epoxide rings is 1. The minimum absolute atomic E-state index is 0.0725. The molecule has 2 unspecified atom stereocenters. The molecule has 0 aromatic heterocycles. The number of nitrogens with zero attached hydrogens (tertiary/aromatic N) is 1. The van der Waals surface area contributed by atoms with Gasteiger partial charge in [0.1, 0.15) is 11.7 Å². The summed E-state index contributed by atoms with van der Waals surface area (Å²) in [6.07, 6.45) is 0.849. The first-order valence-electron chi connectivity index (χ1n) is 5.23. The van der Waals surface area contributed by atoms with E-state index in [1.165, 1.54) is 6.07 Å². The molecule has 1 aromatic carbocycles. The van der Waals surface area contributed by atoms with Gasteiger partial charge in [-0.15, -0.1) is 0 Å². The molecule has 2 atom stereocenters. The summed E-state index contributed by atoms with van der Waals surface area (Å²) in [5, 5.41) is 10.7. The lowest BCUT2D eigenvalue weighted by Crippen LogP contribution is -2.24. The second-order valence-corrected chi connectivity index (χ2v) is 4.13. The predicted octanol–water partition coefficient (Wildman–Crippen LogP) is 1.61. The highest BCUT2D eigenvalue weighted by atomic mass is 16.6. The fourth-order valence-electron chi connectivity index (χ4n) is 2.30. The van der Waals surface area contributed by atoms with Gasteiger partial charge in [-0.1, -0.05) is 12.1 Å². The van der Waals surface area contributed by atoms with Crippen LogP contribution in [0.3, 0.4) is 0 Å². The third kappa shape index (κ3) is 1.32. The highest BCUT2D eigenvalue weighted by molar-refractivity contribution is 5.40. The normalized spacial score (nSPS) is 31.9. The highest BCUT2D eigenvalue weighted by Gasteiger charge is 2.59. The van der Waals surface area contributed by atoms with Gasteiger partial charge in [0.25, 0.3) is 5.69 Å². The average molecular weight is 221 g/mol. The van der Waals surface area contributed by atoms with Gasteiger partial charge in [0, 0.05) is 25.2 Å². The minimum atomic E-state index is -0.378. The maximum atomic E-state index is 10.7. The van der Waals surface area contributed by atoms with E-state index in [0.29, 0.717) is 13.2 Å². The Balaban J connectivity index is 1.95. The van der Waals surface area contributed by atoms with E-state index in [1.807, 2.05) is 6.07 Å². The van der Waals surface area contributed by atoms with Gasteiger partial charge < -0.3 is 9.47 Å². The van der Waals surface area contributed by atoms with Crippen LogP contribution in [0.2, 0.25) is 0 Å². The molecule has 3 rings (SSSR count). The Morgan fingerprint density at radius 3 is 3.12 bits per heavy atom. The van der Waals surface area contributed by atoms with Crippen molar-refractivity contribution in [3.63, 3.8) is 0 Å². The van der Waals surface area contributed by atoms with E-state index in [9.17, 15) is 10.1 Å². The van der Waals surface area contributed by atoms with E-state index in [0.717, 1.165) is 12.0 Å². The van der Waals surface area contributed by atoms with Crippen LogP contribution in [-0.2, 0) is 15.1 Å². The molecule has 0 saturated carbocycles. The topological polar surface area (TPSA) is 64.9 Å². The molecule has 0 aliphatic carbocycles. The monoisotopic (exact) mass is 221 g/mol. The van der Waals surface area contributed by atoms with E-state index in [1.54, 1.807) is 12.1 Å². The lowest BCUT2D eigenvalue weighted by atomic mass is 9.91. The van der Waals surface area contributed by atoms with Crippen LogP contribution in [0.1, 0.15) is 12.0 Å². The van der Waals surface area contributed by atoms with E-state index in [2.05, 4.69) is 0 Å². The zero-order valence-corrected chi connectivity index (χ0v) is 8.59. The summed E-state index contributed by atoms with van der Waals surface area (Å²) in [5.74, 6) is 0. The summed E-state index contributed by atoms with van der Waals surface area (Å²) in [5.41, 5.74) is 0.701. The van der Waals surface area contributed by atoms with Crippen LogP contribution in [-0.4, -0.2) is 24.2 Å². The van der Waals surface area contributed by atoms with Crippen molar-refractivity contribution >= 4 is 5.69 Å². The van der Waals surface area contributed by atoms with Gasteiger partial charge in [0.15, 0.2) is 0 Å². The maximum Gasteiger partial charge on any atom is 0.269 e. The van der Waals surface area contributed by atoms with Gasteiger partial charge >= 0.3 is 0 Å². The van der Waals surface area contributed by atoms with Crippen molar-refractivity contribution in [1.29, 1.82) is 0 Å². The van der Waals surface area contributed by atoms with Gasteiger partial charge in [-0.2, -0.15) is 0 Å². The van der Waals surface area contributed by atoms with Crippen LogP contribution in [0.15, 0.2) is 24.3 Å². The SMILES string of the molecule is O=[N+]([O-])c1cccc(C23CCOCC2O3)c1. The van der Waals surface area contributed by atoms with Crippen molar-refractivity contribution in [3.8, 4) is 0 Å². The third-order valence-electron chi connectivity index (χ3n) is 3.25. The van der Waals surface area contributed by atoms with Crippen LogP contribution in [0.5, 0.6) is 0 Å². The molecule has 0 bridgehead atoms. The number of nitro groups is 1. The van der Waals surface area contributed by atoms with Crippen molar-refractivity contribution in [2.45, 2.75) is 18.1 Å². The van der Waals surface area contributed by atoms with Gasteiger partial charge in [-0.05, 0) is 5.56 Å². The average Bonchev–Trinajstić information content (AvgIpc) is 3.05. The van der Waals surface area contributed by atoms with E-state index in [4.69, 9.17) is 9.47 Å². The number of ether oxygens (including phenoxy) is 2. The maximum absolute atomic E-state index is 10.7. The minimum Gasteiger partial charge on any atom is -0.378 e. The smallest absolute Gasteiger partial charge is 0.269 e. The summed E-state index contributed by atoms with van der Waals surface area (Å²) in [4.78, 5) is 10.3. The second kappa shape index (κ2) is 3.26. The standard InChI is InChI=1S/C11H11NO4/c13-12(14)9-3-1-2-8(6-9)11-4-5-15-7-10(11)16-11/h1-3,6,10H,4-5,7H2. The summed E-state index contributed by atoms with van der Waals surface area (Å²) < 4.78 is 10.9. The number of non-ortho nitro benzene ring substituents is 1. The third-order valence-corrected chi connectivity index (χ3v) is 3.25. The van der Waals surface area contributed by atoms with Crippen molar-refractivity contribution < 1.29 is 14.4 Å². The predicted molar refractivity (Wildman–Crippen MR) is 55.1 cm³/mol. The molecule has 2 heterocycles. The molecule has 2 fully saturated rings. The quantitative estimate of drug-likeness (QED) is 0.432. The van der Waals surface area contributed by atoms with Crippen LogP contribution in [0.25, 0.3) is 0 Å². The molecule has 5 heteroatoms. The number of hydrogen-bond acceptors (Lipinski definition) is 4. The summed E-state index contributed by atoms with van der Waals surface area (Å²) in [6.45, 7) is 1.24. The van der Waals surface area contributed by atoms with Gasteiger partial charge in [0.05, 0.1) is 11.5 Å². The molecule has 2 saturated heterocycles. The Hall–Kier alpha value is -1.46. The number of fused-ring (bicyclic) bond motifs is 1. The zero-order valence-electron chi connectivity index (χ0n) is 8.59. The van der Waals surface area contributed by atoms with Crippen LogP contribution >= 0.6 is 0 Å². The lowest BCUT2D eigenvalue weighted by Gasteiger charge is -2.17. The first-order chi connectivity index (χ1) is 7.72. The molecular formula is C11H11NO4. The Morgan fingerprint density at radius 1 is 1.50 bits per heavy atom. The Kier molecular flexibility index (Phi) is 1.99. The summed E-state index contributed by atoms with van der Waals surface area (Å²) in [7, 11) is 0. The van der Waals surface area contributed by atoms with Crippen molar-refractivity contribution in [1.82, 2.24) is 0 Å². The molecule has 2 aliphatic heterocycles. The number of rotatable bonds is 2. The number of hydrogen-bond donors (Lipinski definition) is 0. The zero-order chi connectivity index (χ0) is 11.2. The summed E-state index contributed by atoms with van der Waals surface area (Å²) in [6, 6.07) is 6.69. The molecule has 84 valence electrons. The van der Waals surface area contributed by atoms with Crippen LogP contribution < -0.4 is 0 Å². The van der Waals surface area contributed by atoms with Crippen LogP contribution in [0, 0.1) is 10.1 Å². The Bertz CT molecular complexity index is 447. The highest BCUT2D eigenvalue weighted by Crippen LogP contribution is 2.51. The van der Waals surface area contributed by atoms with E-state index in [-0.39, 0.29) is 22.3 Å². The first kappa shape index (κ1) is 9.74. The molecule has 0 spiro atoms. The molecule has 0 N–H and O–H groups in total. The molecule has 16 heavy (non-hydrogen) atoms.